The third-order valence-corrected chi connectivity index (χ3v) is 3.98. The summed E-state index contributed by atoms with van der Waals surface area (Å²) in [5.74, 6) is 0.906. The number of benzene rings is 1. The Morgan fingerprint density at radius 1 is 1.22 bits per heavy atom. The van der Waals surface area contributed by atoms with Crippen LogP contribution in [0.1, 0.15) is 24.0 Å². The van der Waals surface area contributed by atoms with E-state index in [9.17, 15) is 4.79 Å². The van der Waals surface area contributed by atoms with Crippen LogP contribution in [0.5, 0.6) is 5.75 Å². The molecule has 1 fully saturated rings. The first kappa shape index (κ1) is 17.8. The summed E-state index contributed by atoms with van der Waals surface area (Å²) in [7, 11) is 0. The number of rotatable bonds is 8. The Bertz CT molecular complexity index is 479. The van der Waals surface area contributed by atoms with E-state index in [0.29, 0.717) is 13.0 Å². The minimum Gasteiger partial charge on any atom is -0.493 e. The van der Waals surface area contributed by atoms with Crippen molar-refractivity contribution in [2.24, 2.45) is 0 Å². The molecule has 2 N–H and O–H groups in total. The smallest absolute Gasteiger partial charge is 0.223 e. The second-order valence-electron chi connectivity index (χ2n) is 6.22. The molecule has 0 spiro atoms. The Morgan fingerprint density at radius 3 is 2.61 bits per heavy atom. The fourth-order valence-electron chi connectivity index (χ4n) is 2.83. The zero-order chi connectivity index (χ0) is 16.5. The highest BCUT2D eigenvalue weighted by atomic mass is 16.5. The molecule has 2 rings (SSSR count). The van der Waals surface area contributed by atoms with Gasteiger partial charge in [0.25, 0.3) is 0 Å². The molecule has 1 aliphatic rings. The van der Waals surface area contributed by atoms with Crippen molar-refractivity contribution in [2.75, 3.05) is 45.9 Å². The summed E-state index contributed by atoms with van der Waals surface area (Å²) in [5.41, 5.74) is 2.36. The van der Waals surface area contributed by atoms with Crippen molar-refractivity contribution < 1.29 is 9.53 Å². The van der Waals surface area contributed by atoms with Gasteiger partial charge in [-0.1, -0.05) is 6.07 Å². The predicted molar refractivity (Wildman–Crippen MR) is 93.0 cm³/mol. The summed E-state index contributed by atoms with van der Waals surface area (Å²) in [6.07, 6.45) is 1.41. The van der Waals surface area contributed by atoms with Crippen molar-refractivity contribution in [2.45, 2.75) is 26.7 Å². The molecule has 1 aliphatic heterocycles. The third-order valence-electron chi connectivity index (χ3n) is 3.98. The van der Waals surface area contributed by atoms with Gasteiger partial charge in [-0.05, 0) is 50.1 Å². The summed E-state index contributed by atoms with van der Waals surface area (Å²) < 4.78 is 5.66. The topological polar surface area (TPSA) is 53.6 Å². The average molecular weight is 319 g/mol. The Hall–Kier alpha value is -1.59. The van der Waals surface area contributed by atoms with Crippen LogP contribution in [0.15, 0.2) is 18.2 Å². The zero-order valence-electron chi connectivity index (χ0n) is 14.4. The van der Waals surface area contributed by atoms with Crippen LogP contribution in [0.4, 0.5) is 0 Å². The molecule has 1 aromatic carbocycles. The van der Waals surface area contributed by atoms with Crippen LogP contribution < -0.4 is 15.4 Å². The Morgan fingerprint density at radius 2 is 1.91 bits per heavy atom. The maximum atomic E-state index is 11.8. The van der Waals surface area contributed by atoms with Crippen molar-refractivity contribution in [1.29, 1.82) is 0 Å². The van der Waals surface area contributed by atoms with Gasteiger partial charge < -0.3 is 20.3 Å². The number of hydrogen-bond donors (Lipinski definition) is 2. The molecule has 5 nitrogen and oxygen atoms in total. The average Bonchev–Trinajstić information content (AvgIpc) is 2.52. The van der Waals surface area contributed by atoms with Crippen LogP contribution >= 0.6 is 0 Å². The van der Waals surface area contributed by atoms with E-state index in [1.807, 2.05) is 26.0 Å². The molecule has 5 heteroatoms. The molecule has 0 aromatic heterocycles. The summed E-state index contributed by atoms with van der Waals surface area (Å²) >= 11 is 0. The lowest BCUT2D eigenvalue weighted by molar-refractivity contribution is -0.121. The lowest BCUT2D eigenvalue weighted by Crippen LogP contribution is -2.44. The van der Waals surface area contributed by atoms with E-state index < -0.39 is 0 Å². The van der Waals surface area contributed by atoms with Crippen molar-refractivity contribution in [1.82, 2.24) is 15.5 Å². The molecule has 0 saturated carbocycles. The van der Waals surface area contributed by atoms with Gasteiger partial charge in [-0.15, -0.1) is 0 Å². The molecule has 0 radical (unpaired) electrons. The summed E-state index contributed by atoms with van der Waals surface area (Å²) in [6.45, 7) is 10.7. The second-order valence-corrected chi connectivity index (χ2v) is 6.22. The number of piperazine rings is 1. The van der Waals surface area contributed by atoms with Crippen molar-refractivity contribution in [3.8, 4) is 5.75 Å². The fraction of sp³-hybridized carbons (Fsp3) is 0.611. The van der Waals surface area contributed by atoms with Gasteiger partial charge >= 0.3 is 0 Å². The molecular formula is C18H29N3O2. The quantitative estimate of drug-likeness (QED) is 0.713. The van der Waals surface area contributed by atoms with Crippen molar-refractivity contribution in [3.05, 3.63) is 29.3 Å². The molecule has 0 unspecified atom stereocenters. The second kappa shape index (κ2) is 9.53. The van der Waals surface area contributed by atoms with Gasteiger partial charge in [-0.2, -0.15) is 0 Å². The number of ether oxygens (including phenoxy) is 1. The summed E-state index contributed by atoms with van der Waals surface area (Å²) in [6, 6.07) is 6.11. The van der Waals surface area contributed by atoms with Gasteiger partial charge in [0.15, 0.2) is 0 Å². The summed E-state index contributed by atoms with van der Waals surface area (Å²) in [5, 5.41) is 6.31. The Balaban J connectivity index is 1.54. The number of carbonyl (C=O) groups excluding carboxylic acids is 1. The van der Waals surface area contributed by atoms with Gasteiger partial charge in [-0.25, -0.2) is 0 Å². The molecular weight excluding hydrogens is 290 g/mol. The van der Waals surface area contributed by atoms with E-state index >= 15 is 0 Å². The molecule has 0 aliphatic carbocycles. The van der Waals surface area contributed by atoms with Crippen LogP contribution in [0.25, 0.3) is 0 Å². The van der Waals surface area contributed by atoms with Gasteiger partial charge in [-0.3, -0.25) is 4.79 Å². The first-order chi connectivity index (χ1) is 11.1. The summed E-state index contributed by atoms with van der Waals surface area (Å²) in [4.78, 5) is 14.2. The first-order valence-corrected chi connectivity index (χ1v) is 8.54. The molecule has 1 saturated heterocycles. The molecule has 128 valence electrons. The van der Waals surface area contributed by atoms with Crippen LogP contribution in [0.2, 0.25) is 0 Å². The normalized spacial score (nSPS) is 15.4. The molecule has 0 atom stereocenters. The predicted octanol–water partition coefficient (Wildman–Crippen LogP) is 1.48. The number of nitrogens with zero attached hydrogens (tertiary/aromatic N) is 1. The largest absolute Gasteiger partial charge is 0.493 e. The van der Waals surface area contributed by atoms with Crippen LogP contribution in [0, 0.1) is 13.8 Å². The molecule has 23 heavy (non-hydrogen) atoms. The van der Waals surface area contributed by atoms with E-state index in [0.717, 1.165) is 51.4 Å². The number of nitrogens with one attached hydrogen (secondary N) is 2. The van der Waals surface area contributed by atoms with Gasteiger partial charge in [0.05, 0.1) is 13.0 Å². The van der Waals surface area contributed by atoms with E-state index in [1.165, 1.54) is 11.1 Å². The Labute approximate surface area is 139 Å². The molecule has 0 bridgehead atoms. The molecule has 1 aromatic rings. The van der Waals surface area contributed by atoms with Crippen LogP contribution in [-0.4, -0.2) is 56.7 Å². The van der Waals surface area contributed by atoms with E-state index in [4.69, 9.17) is 4.74 Å². The number of hydrogen-bond acceptors (Lipinski definition) is 4. The maximum Gasteiger partial charge on any atom is 0.223 e. The first-order valence-electron chi connectivity index (χ1n) is 8.54. The van der Waals surface area contributed by atoms with Crippen molar-refractivity contribution >= 4 is 5.91 Å². The fourth-order valence-corrected chi connectivity index (χ4v) is 2.83. The monoisotopic (exact) mass is 319 g/mol. The minimum atomic E-state index is 0.0645. The van der Waals surface area contributed by atoms with E-state index in [-0.39, 0.29) is 5.91 Å². The number of aryl methyl sites for hydroxylation is 2. The lowest BCUT2D eigenvalue weighted by atomic mass is 10.1. The lowest BCUT2D eigenvalue weighted by Gasteiger charge is -2.27. The van der Waals surface area contributed by atoms with Gasteiger partial charge in [0.2, 0.25) is 5.91 Å². The minimum absolute atomic E-state index is 0.0645. The van der Waals surface area contributed by atoms with E-state index in [1.54, 1.807) is 0 Å². The van der Waals surface area contributed by atoms with Crippen LogP contribution in [0.3, 0.4) is 0 Å². The van der Waals surface area contributed by atoms with Crippen molar-refractivity contribution in [3.63, 3.8) is 0 Å². The van der Waals surface area contributed by atoms with Gasteiger partial charge in [0.1, 0.15) is 5.75 Å². The highest BCUT2D eigenvalue weighted by molar-refractivity contribution is 5.75. The van der Waals surface area contributed by atoms with E-state index in [2.05, 4.69) is 21.6 Å². The maximum absolute atomic E-state index is 11.8. The third kappa shape index (κ3) is 7.01. The molecule has 1 heterocycles. The number of amides is 1. The van der Waals surface area contributed by atoms with Crippen LogP contribution in [-0.2, 0) is 4.79 Å². The highest BCUT2D eigenvalue weighted by Gasteiger charge is 2.08. The Kier molecular flexibility index (Phi) is 7.36. The zero-order valence-corrected chi connectivity index (χ0v) is 14.4. The number of carbonyl (C=O) groups is 1. The molecule has 1 amide bonds. The SMILES string of the molecule is Cc1cc(C)cc(OCCC(=O)NCCCN2CCNCC2)c1. The highest BCUT2D eigenvalue weighted by Crippen LogP contribution is 2.16. The van der Waals surface area contributed by atoms with Gasteiger partial charge in [0, 0.05) is 32.7 Å². The standard InChI is InChI=1S/C18H29N3O2/c1-15-12-16(2)14-17(13-15)23-11-4-18(22)20-5-3-8-21-9-6-19-7-10-21/h12-14,19H,3-11H2,1-2H3,(H,20,22).